The van der Waals surface area contributed by atoms with E-state index in [1.165, 1.54) is 57.8 Å². The smallest absolute Gasteiger partial charge is 0.303 e. The van der Waals surface area contributed by atoms with Gasteiger partial charge in [0.15, 0.2) is 0 Å². The van der Waals surface area contributed by atoms with Crippen LogP contribution < -0.4 is 5.32 Å². The number of hydrogen-bond acceptors (Lipinski definition) is 13. The van der Waals surface area contributed by atoms with Crippen molar-refractivity contribution in [2.24, 2.45) is 0 Å². The van der Waals surface area contributed by atoms with Crippen LogP contribution in [0.5, 0.6) is 0 Å². The van der Waals surface area contributed by atoms with E-state index in [0.717, 1.165) is 13.0 Å². The number of aliphatic carboxylic acids is 1. The number of carbonyl (C=O) groups is 2. The summed E-state index contributed by atoms with van der Waals surface area (Å²) in [7, 11) is 0. The number of hydrogen-bond donors (Lipinski definition) is 2. The molecule has 0 aromatic heterocycles. The first kappa shape index (κ1) is 52.5. The number of nitrogens with one attached hydrogen (secondary N) is 1. The molecule has 0 aliphatic carbocycles. The Morgan fingerprint density at radius 3 is 0.907 bits per heavy atom. The zero-order valence-corrected chi connectivity index (χ0v) is 33.7. The minimum atomic E-state index is -0.981. The minimum absolute atomic E-state index is 0.00877. The van der Waals surface area contributed by atoms with E-state index in [4.69, 9.17) is 57.2 Å². The van der Waals surface area contributed by atoms with Gasteiger partial charge in [-0.1, -0.05) is 64.7 Å². The van der Waals surface area contributed by atoms with Crippen molar-refractivity contribution in [3.05, 3.63) is 0 Å². The maximum absolute atomic E-state index is 11.4. The summed E-state index contributed by atoms with van der Waals surface area (Å²) < 4.78 is 60.5. The number of carboxylic acid groups (broad SMARTS) is 1. The number of amides is 1. The predicted molar refractivity (Wildman–Crippen MR) is 205 cm³/mol. The van der Waals surface area contributed by atoms with Crippen LogP contribution in [0.3, 0.4) is 0 Å². The molecule has 0 saturated heterocycles. The van der Waals surface area contributed by atoms with Crippen molar-refractivity contribution in [2.75, 3.05) is 152 Å². The van der Waals surface area contributed by atoms with Crippen molar-refractivity contribution in [1.29, 1.82) is 0 Å². The summed E-state index contributed by atoms with van der Waals surface area (Å²) in [6, 6.07) is 0. The van der Waals surface area contributed by atoms with Crippen molar-refractivity contribution in [1.82, 2.24) is 5.32 Å². The molecule has 0 radical (unpaired) electrons. The van der Waals surface area contributed by atoms with Crippen LogP contribution in [0.1, 0.15) is 90.4 Å². The second-order valence-electron chi connectivity index (χ2n) is 12.5. The summed E-state index contributed by atoms with van der Waals surface area (Å²) in [5.74, 6) is -1.25. The van der Waals surface area contributed by atoms with Gasteiger partial charge in [0.25, 0.3) is 0 Å². The van der Waals surface area contributed by atoms with Crippen LogP contribution in [0, 0.1) is 0 Å². The average molecular weight is 784 g/mol. The molecule has 15 nitrogen and oxygen atoms in total. The van der Waals surface area contributed by atoms with Crippen molar-refractivity contribution >= 4 is 11.9 Å². The molecule has 0 bridgehead atoms. The highest BCUT2D eigenvalue weighted by Crippen LogP contribution is 2.10. The summed E-state index contributed by atoms with van der Waals surface area (Å²) in [5, 5.41) is 11.2. The monoisotopic (exact) mass is 784 g/mol. The fourth-order valence-electron chi connectivity index (χ4n) is 4.70. The Hall–Kier alpha value is -1.50. The molecule has 0 saturated carbocycles. The molecule has 0 aromatic carbocycles. The highest BCUT2D eigenvalue weighted by Gasteiger charge is 2.04. The van der Waals surface area contributed by atoms with Gasteiger partial charge in [0, 0.05) is 26.2 Å². The first-order chi connectivity index (χ1) is 26.7. The summed E-state index contributed by atoms with van der Waals surface area (Å²) in [6.07, 6.45) is 13.8. The third-order valence-electron chi connectivity index (χ3n) is 7.72. The zero-order valence-electron chi connectivity index (χ0n) is 33.7. The molecule has 0 unspecified atom stereocenters. The van der Waals surface area contributed by atoms with E-state index < -0.39 is 5.97 Å². The Bertz CT molecular complexity index is 752. The fraction of sp³-hybridized carbons (Fsp3) is 0.949. The SMILES string of the molecule is CCCCCCCCCCCCOCCOCCOCCOCCOCCOCCOCCOCCOCCOCCOCCCNC(=O)CCC(=O)O. The second kappa shape index (κ2) is 47.7. The quantitative estimate of drug-likeness (QED) is 0.0831. The third kappa shape index (κ3) is 48.5. The molecule has 1 amide bonds. The largest absolute Gasteiger partial charge is 0.481 e. The van der Waals surface area contributed by atoms with Crippen LogP contribution >= 0.6 is 0 Å². The summed E-state index contributed by atoms with van der Waals surface area (Å²) >= 11 is 0. The van der Waals surface area contributed by atoms with Gasteiger partial charge in [0.2, 0.25) is 5.91 Å². The van der Waals surface area contributed by atoms with E-state index in [-0.39, 0.29) is 18.7 Å². The van der Waals surface area contributed by atoms with Gasteiger partial charge in [-0.15, -0.1) is 0 Å². The van der Waals surface area contributed by atoms with Crippen molar-refractivity contribution < 1.29 is 66.8 Å². The molecule has 0 aliphatic rings. The van der Waals surface area contributed by atoms with Crippen molar-refractivity contribution in [3.63, 3.8) is 0 Å². The van der Waals surface area contributed by atoms with E-state index in [1.54, 1.807) is 0 Å². The number of rotatable bonds is 48. The molecule has 0 aliphatic heterocycles. The van der Waals surface area contributed by atoms with Crippen LogP contribution in [0.25, 0.3) is 0 Å². The van der Waals surface area contributed by atoms with Crippen LogP contribution in [-0.4, -0.2) is 169 Å². The molecular formula is C39H77NO14. The van der Waals surface area contributed by atoms with E-state index in [1.807, 2.05) is 0 Å². The molecule has 54 heavy (non-hydrogen) atoms. The Labute approximate surface area is 326 Å². The Balaban J connectivity index is 3.08. The average Bonchev–Trinajstić information content (AvgIpc) is 3.17. The molecule has 15 heteroatoms. The third-order valence-corrected chi connectivity index (χ3v) is 7.72. The van der Waals surface area contributed by atoms with Crippen LogP contribution in [0.4, 0.5) is 0 Å². The van der Waals surface area contributed by atoms with Gasteiger partial charge in [0.1, 0.15) is 0 Å². The summed E-state index contributed by atoms with van der Waals surface area (Å²) in [4.78, 5) is 21.8. The topological polar surface area (TPSA) is 168 Å². The molecule has 0 aromatic rings. The molecule has 0 rings (SSSR count). The molecule has 0 heterocycles. The lowest BCUT2D eigenvalue weighted by atomic mass is 10.1. The maximum Gasteiger partial charge on any atom is 0.303 e. The van der Waals surface area contributed by atoms with Gasteiger partial charge in [0.05, 0.1) is 139 Å². The first-order valence-corrected chi connectivity index (χ1v) is 20.5. The van der Waals surface area contributed by atoms with Gasteiger partial charge in [-0.05, 0) is 12.8 Å². The van der Waals surface area contributed by atoms with Gasteiger partial charge in [-0.3, -0.25) is 9.59 Å². The summed E-state index contributed by atoms with van der Waals surface area (Å²) in [6.45, 7) is 14.2. The molecule has 322 valence electrons. The Morgan fingerprint density at radius 2 is 0.611 bits per heavy atom. The second-order valence-corrected chi connectivity index (χ2v) is 12.5. The number of carbonyl (C=O) groups excluding carboxylic acids is 1. The predicted octanol–water partition coefficient (Wildman–Crippen LogP) is 4.46. The van der Waals surface area contributed by atoms with E-state index in [0.29, 0.717) is 152 Å². The fourth-order valence-corrected chi connectivity index (χ4v) is 4.70. The van der Waals surface area contributed by atoms with E-state index in [2.05, 4.69) is 12.2 Å². The Kier molecular flexibility index (Phi) is 46.3. The number of unbranched alkanes of at least 4 members (excludes halogenated alkanes) is 9. The maximum atomic E-state index is 11.4. The van der Waals surface area contributed by atoms with Gasteiger partial charge in [-0.2, -0.15) is 0 Å². The van der Waals surface area contributed by atoms with Crippen molar-refractivity contribution in [3.8, 4) is 0 Å². The first-order valence-electron chi connectivity index (χ1n) is 20.5. The van der Waals surface area contributed by atoms with Crippen LogP contribution in [0.2, 0.25) is 0 Å². The van der Waals surface area contributed by atoms with Crippen LogP contribution in [0.15, 0.2) is 0 Å². The highest BCUT2D eigenvalue weighted by molar-refractivity contribution is 5.80. The standard InChI is InChI=1S/C39H77NO14/c1-2-3-4-5-6-7-8-9-10-11-16-44-18-20-46-22-24-48-26-28-50-30-32-52-34-36-54-37-35-53-33-31-51-29-27-49-25-23-47-21-19-45-17-12-15-40-38(41)13-14-39(42)43/h2-37H2,1H3,(H,40,41)(H,42,43). The molecule has 0 spiro atoms. The normalized spacial score (nSPS) is 11.4. The lowest BCUT2D eigenvalue weighted by Gasteiger charge is -2.09. The molecule has 2 N–H and O–H groups in total. The van der Waals surface area contributed by atoms with E-state index >= 15 is 0 Å². The van der Waals surface area contributed by atoms with E-state index in [9.17, 15) is 9.59 Å². The van der Waals surface area contributed by atoms with Gasteiger partial charge >= 0.3 is 5.97 Å². The minimum Gasteiger partial charge on any atom is -0.481 e. The zero-order chi connectivity index (χ0) is 39.1. The van der Waals surface area contributed by atoms with Gasteiger partial charge < -0.3 is 62.5 Å². The molecular weight excluding hydrogens is 706 g/mol. The number of carboxylic acids is 1. The van der Waals surface area contributed by atoms with Crippen LogP contribution in [-0.2, 0) is 61.7 Å². The molecule has 0 atom stereocenters. The lowest BCUT2D eigenvalue weighted by Crippen LogP contribution is -2.25. The Morgan fingerprint density at radius 1 is 0.352 bits per heavy atom. The molecule has 0 fully saturated rings. The lowest BCUT2D eigenvalue weighted by molar-refractivity contribution is -0.138. The number of ether oxygens (including phenoxy) is 11. The summed E-state index contributed by atoms with van der Waals surface area (Å²) in [5.41, 5.74) is 0. The highest BCUT2D eigenvalue weighted by atomic mass is 16.6. The van der Waals surface area contributed by atoms with Gasteiger partial charge in [-0.25, -0.2) is 0 Å². The van der Waals surface area contributed by atoms with Crippen molar-refractivity contribution in [2.45, 2.75) is 90.4 Å².